The topological polar surface area (TPSA) is 38.0 Å². The Morgan fingerprint density at radius 3 is 2.74 bits per heavy atom. The van der Waals surface area contributed by atoms with Crippen molar-refractivity contribution in [3.8, 4) is 16.8 Å². The second-order valence-electron chi connectivity index (χ2n) is 4.35. The molecule has 3 aromatic rings. The molecule has 0 saturated carbocycles. The van der Waals surface area contributed by atoms with Gasteiger partial charge in [0.25, 0.3) is 0 Å². The number of nitrogens with zero attached hydrogens (tertiary/aromatic N) is 2. The van der Waals surface area contributed by atoms with Gasteiger partial charge >= 0.3 is 0 Å². The smallest absolute Gasteiger partial charge is 0.0991 e. The number of aliphatic hydroxyl groups is 1. The first-order chi connectivity index (χ1) is 9.38. The van der Waals surface area contributed by atoms with Gasteiger partial charge in [0.2, 0.25) is 0 Å². The lowest BCUT2D eigenvalue weighted by Crippen LogP contribution is -1.94. The van der Waals surface area contributed by atoms with Crippen molar-refractivity contribution in [3.05, 3.63) is 72.8 Å². The van der Waals surface area contributed by atoms with E-state index in [0.717, 1.165) is 22.4 Å². The summed E-state index contributed by atoms with van der Waals surface area (Å²) < 4.78 is 1.99. The van der Waals surface area contributed by atoms with Crippen molar-refractivity contribution in [1.82, 2.24) is 9.55 Å². The Kier molecular flexibility index (Phi) is 3.12. The summed E-state index contributed by atoms with van der Waals surface area (Å²) in [4.78, 5) is 4.09. The van der Waals surface area contributed by atoms with Gasteiger partial charge in [-0.3, -0.25) is 0 Å². The lowest BCUT2D eigenvalue weighted by molar-refractivity contribution is 0.282. The number of para-hydroxylation sites is 1. The maximum absolute atomic E-state index is 9.25. The van der Waals surface area contributed by atoms with Gasteiger partial charge in [0, 0.05) is 18.0 Å². The molecule has 0 aliphatic rings. The van der Waals surface area contributed by atoms with Crippen LogP contribution in [-0.4, -0.2) is 14.7 Å². The molecular formula is C16H14N2O. The third-order valence-corrected chi connectivity index (χ3v) is 3.11. The van der Waals surface area contributed by atoms with Crippen molar-refractivity contribution in [1.29, 1.82) is 0 Å². The van der Waals surface area contributed by atoms with Crippen LogP contribution in [0.25, 0.3) is 16.8 Å². The SMILES string of the molecule is OCc1cccc(-c2ccccc2-n2ccnc2)c1. The van der Waals surface area contributed by atoms with Crippen LogP contribution in [0.4, 0.5) is 0 Å². The normalized spacial score (nSPS) is 10.6. The van der Waals surface area contributed by atoms with Crippen molar-refractivity contribution in [3.63, 3.8) is 0 Å². The molecule has 0 atom stereocenters. The van der Waals surface area contributed by atoms with Crippen LogP contribution >= 0.6 is 0 Å². The molecule has 3 heteroatoms. The molecule has 0 unspecified atom stereocenters. The molecule has 3 nitrogen and oxygen atoms in total. The monoisotopic (exact) mass is 250 g/mol. The maximum Gasteiger partial charge on any atom is 0.0991 e. The Bertz CT molecular complexity index is 675. The molecule has 0 fully saturated rings. The van der Waals surface area contributed by atoms with Gasteiger partial charge in [-0.15, -0.1) is 0 Å². The number of benzene rings is 2. The Hall–Kier alpha value is -2.39. The first-order valence-corrected chi connectivity index (χ1v) is 6.16. The van der Waals surface area contributed by atoms with E-state index in [1.165, 1.54) is 0 Å². The Balaban J connectivity index is 2.15. The number of rotatable bonds is 3. The van der Waals surface area contributed by atoms with Crippen molar-refractivity contribution < 1.29 is 5.11 Å². The minimum Gasteiger partial charge on any atom is -0.392 e. The second kappa shape index (κ2) is 5.08. The summed E-state index contributed by atoms with van der Waals surface area (Å²) in [6.07, 6.45) is 5.48. The van der Waals surface area contributed by atoms with Gasteiger partial charge in [0.15, 0.2) is 0 Å². The summed E-state index contributed by atoms with van der Waals surface area (Å²) in [5.74, 6) is 0. The molecule has 94 valence electrons. The minimum absolute atomic E-state index is 0.0566. The van der Waals surface area contributed by atoms with Gasteiger partial charge in [-0.05, 0) is 23.3 Å². The molecule has 2 aromatic carbocycles. The maximum atomic E-state index is 9.25. The van der Waals surface area contributed by atoms with Crippen LogP contribution in [0.2, 0.25) is 0 Å². The van der Waals surface area contributed by atoms with Gasteiger partial charge in [0.1, 0.15) is 0 Å². The number of hydrogen-bond donors (Lipinski definition) is 1. The molecule has 1 aromatic heterocycles. The van der Waals surface area contributed by atoms with Crippen molar-refractivity contribution in [2.24, 2.45) is 0 Å². The van der Waals surface area contributed by atoms with E-state index in [9.17, 15) is 5.11 Å². The number of imidazole rings is 1. The van der Waals surface area contributed by atoms with Crippen LogP contribution in [0, 0.1) is 0 Å². The van der Waals surface area contributed by atoms with Crippen LogP contribution < -0.4 is 0 Å². The van der Waals surface area contributed by atoms with Crippen LogP contribution in [0.15, 0.2) is 67.3 Å². The molecule has 0 bridgehead atoms. The van der Waals surface area contributed by atoms with Crippen molar-refractivity contribution in [2.45, 2.75) is 6.61 Å². The second-order valence-corrected chi connectivity index (χ2v) is 4.35. The summed E-state index contributed by atoms with van der Waals surface area (Å²) >= 11 is 0. The van der Waals surface area contributed by atoms with E-state index in [1.54, 1.807) is 12.5 Å². The van der Waals surface area contributed by atoms with Crippen LogP contribution in [0.3, 0.4) is 0 Å². The lowest BCUT2D eigenvalue weighted by Gasteiger charge is -2.11. The molecular weight excluding hydrogens is 236 g/mol. The molecule has 0 amide bonds. The average Bonchev–Trinajstić information content (AvgIpc) is 3.01. The molecule has 0 spiro atoms. The predicted octanol–water partition coefficient (Wildman–Crippen LogP) is 3.03. The largest absolute Gasteiger partial charge is 0.392 e. The zero-order valence-electron chi connectivity index (χ0n) is 10.4. The van der Waals surface area contributed by atoms with E-state index in [2.05, 4.69) is 23.2 Å². The van der Waals surface area contributed by atoms with Crippen molar-refractivity contribution >= 4 is 0 Å². The zero-order chi connectivity index (χ0) is 13.1. The molecule has 19 heavy (non-hydrogen) atoms. The highest BCUT2D eigenvalue weighted by molar-refractivity contribution is 5.73. The molecule has 1 heterocycles. The lowest BCUT2D eigenvalue weighted by atomic mass is 10.0. The average molecular weight is 250 g/mol. The summed E-state index contributed by atoms with van der Waals surface area (Å²) in [7, 11) is 0. The standard InChI is InChI=1S/C16H14N2O/c19-11-13-4-3-5-14(10-13)15-6-1-2-7-16(15)18-9-8-17-12-18/h1-10,12,19H,11H2. The van der Waals surface area contributed by atoms with Gasteiger partial charge in [0.05, 0.1) is 18.6 Å². The Labute approximate surface area is 111 Å². The van der Waals surface area contributed by atoms with E-state index in [-0.39, 0.29) is 6.61 Å². The van der Waals surface area contributed by atoms with Gasteiger partial charge < -0.3 is 9.67 Å². The Morgan fingerprint density at radius 1 is 1.05 bits per heavy atom. The quantitative estimate of drug-likeness (QED) is 0.776. The third-order valence-electron chi connectivity index (χ3n) is 3.11. The van der Waals surface area contributed by atoms with Gasteiger partial charge in [-0.25, -0.2) is 4.98 Å². The van der Waals surface area contributed by atoms with E-state index in [1.807, 2.05) is 41.1 Å². The molecule has 0 radical (unpaired) electrons. The fraction of sp³-hybridized carbons (Fsp3) is 0.0625. The number of hydrogen-bond acceptors (Lipinski definition) is 2. The van der Waals surface area contributed by atoms with Crippen LogP contribution in [0.5, 0.6) is 0 Å². The number of aromatic nitrogens is 2. The summed E-state index contributed by atoms with van der Waals surface area (Å²) in [5.41, 5.74) is 4.21. The van der Waals surface area contributed by atoms with E-state index < -0.39 is 0 Å². The first-order valence-electron chi connectivity index (χ1n) is 6.16. The van der Waals surface area contributed by atoms with Crippen LogP contribution in [-0.2, 0) is 6.61 Å². The van der Waals surface area contributed by atoms with Gasteiger partial charge in [-0.1, -0.05) is 36.4 Å². The molecule has 0 aliphatic carbocycles. The number of aliphatic hydroxyl groups excluding tert-OH is 1. The molecule has 3 rings (SSSR count). The highest BCUT2D eigenvalue weighted by Crippen LogP contribution is 2.27. The minimum atomic E-state index is 0.0566. The fourth-order valence-corrected chi connectivity index (χ4v) is 2.18. The predicted molar refractivity (Wildman–Crippen MR) is 74.9 cm³/mol. The molecule has 0 saturated heterocycles. The Morgan fingerprint density at radius 2 is 1.95 bits per heavy atom. The highest BCUT2D eigenvalue weighted by atomic mass is 16.3. The van der Waals surface area contributed by atoms with Crippen molar-refractivity contribution in [2.75, 3.05) is 0 Å². The zero-order valence-corrected chi connectivity index (χ0v) is 10.4. The van der Waals surface area contributed by atoms with E-state index >= 15 is 0 Å². The van der Waals surface area contributed by atoms with E-state index in [4.69, 9.17) is 0 Å². The molecule has 0 aliphatic heterocycles. The summed E-state index contributed by atoms with van der Waals surface area (Å²) in [6.45, 7) is 0.0566. The first kappa shape index (κ1) is 11.7. The summed E-state index contributed by atoms with van der Waals surface area (Å²) in [5, 5.41) is 9.25. The third kappa shape index (κ3) is 2.28. The van der Waals surface area contributed by atoms with Gasteiger partial charge in [-0.2, -0.15) is 0 Å². The van der Waals surface area contributed by atoms with Crippen LogP contribution in [0.1, 0.15) is 5.56 Å². The summed E-state index contributed by atoms with van der Waals surface area (Å²) in [6, 6.07) is 16.1. The molecule has 1 N–H and O–H groups in total. The highest BCUT2D eigenvalue weighted by Gasteiger charge is 2.06. The van der Waals surface area contributed by atoms with E-state index in [0.29, 0.717) is 0 Å². The fourth-order valence-electron chi connectivity index (χ4n) is 2.18.